The first-order valence-electron chi connectivity index (χ1n) is 17.3. The zero-order chi connectivity index (χ0) is 35.7. The molecule has 0 spiro atoms. The normalized spacial score (nSPS) is 15.6. The molecule has 7 rings (SSSR count). The van der Waals surface area contributed by atoms with Crippen LogP contribution in [0.5, 0.6) is 0 Å². The monoisotopic (exact) mass is 688 g/mol. The Kier molecular flexibility index (Phi) is 9.16. The maximum atomic E-state index is 15.8. The summed E-state index contributed by atoms with van der Waals surface area (Å²) in [5, 5.41) is 11.9. The summed E-state index contributed by atoms with van der Waals surface area (Å²) in [6.45, 7) is 11.8. The van der Waals surface area contributed by atoms with Crippen LogP contribution >= 0.6 is 0 Å². The van der Waals surface area contributed by atoms with E-state index in [1.807, 2.05) is 48.0 Å². The number of carbonyl (C=O) groups excluding carboxylic acids is 1. The molecule has 0 saturated carbocycles. The van der Waals surface area contributed by atoms with E-state index in [0.29, 0.717) is 53.0 Å². The number of hydrogen-bond donors (Lipinski definition) is 1. The van der Waals surface area contributed by atoms with Gasteiger partial charge in [0.15, 0.2) is 5.65 Å². The number of imidazole rings is 1. The van der Waals surface area contributed by atoms with E-state index in [0.717, 1.165) is 56.1 Å². The molecule has 4 aromatic heterocycles. The lowest BCUT2D eigenvalue weighted by Crippen LogP contribution is -2.46. The van der Waals surface area contributed by atoms with E-state index in [1.54, 1.807) is 39.1 Å². The van der Waals surface area contributed by atoms with Gasteiger partial charge in [0.05, 0.1) is 35.0 Å². The van der Waals surface area contributed by atoms with Gasteiger partial charge >= 0.3 is 6.09 Å². The topological polar surface area (TPSA) is 128 Å². The Bertz CT molecular complexity index is 2090. The van der Waals surface area contributed by atoms with E-state index in [1.165, 1.54) is 0 Å². The molecule has 2 fully saturated rings. The highest BCUT2D eigenvalue weighted by atomic mass is 19.1. The number of fused-ring (bicyclic) bond motifs is 1. The number of hydrogen-bond acceptors (Lipinski definition) is 10. The molecule has 0 radical (unpaired) electrons. The first kappa shape index (κ1) is 33.7. The number of halogens is 1. The van der Waals surface area contributed by atoms with Gasteiger partial charge in [0.2, 0.25) is 0 Å². The second-order valence-corrected chi connectivity index (χ2v) is 14.0. The highest BCUT2D eigenvalue weighted by molar-refractivity contribution is 5.85. The second kappa shape index (κ2) is 13.9. The minimum atomic E-state index is -0.637. The number of carbonyl (C=O) groups is 1. The Balaban J connectivity index is 1.04. The van der Waals surface area contributed by atoms with Gasteiger partial charge in [0.25, 0.3) is 0 Å². The van der Waals surface area contributed by atoms with Crippen LogP contribution in [0.3, 0.4) is 0 Å². The summed E-state index contributed by atoms with van der Waals surface area (Å²) in [4.78, 5) is 37.5. The predicted molar refractivity (Wildman–Crippen MR) is 196 cm³/mol. The van der Waals surface area contributed by atoms with Crippen molar-refractivity contribution < 1.29 is 13.9 Å². The molecule has 5 aromatic rings. The molecular formula is C38H41FN10O2. The average molecular weight is 689 g/mol. The summed E-state index contributed by atoms with van der Waals surface area (Å²) in [7, 11) is 0. The highest BCUT2D eigenvalue weighted by Crippen LogP contribution is 2.30. The van der Waals surface area contributed by atoms with E-state index >= 15 is 4.39 Å². The summed E-state index contributed by atoms with van der Waals surface area (Å²) in [5.41, 5.74) is 4.28. The molecule has 1 N–H and O–H groups in total. The second-order valence-electron chi connectivity index (χ2n) is 14.0. The van der Waals surface area contributed by atoms with Crippen molar-refractivity contribution in [1.29, 1.82) is 5.26 Å². The summed E-state index contributed by atoms with van der Waals surface area (Å²) < 4.78 is 23.1. The predicted octanol–water partition coefficient (Wildman–Crippen LogP) is 6.74. The number of benzene rings is 1. The zero-order valence-corrected chi connectivity index (χ0v) is 29.3. The van der Waals surface area contributed by atoms with Gasteiger partial charge in [-0.25, -0.2) is 29.1 Å². The Morgan fingerprint density at radius 3 is 2.33 bits per heavy atom. The van der Waals surface area contributed by atoms with Gasteiger partial charge in [-0.3, -0.25) is 9.88 Å². The van der Waals surface area contributed by atoms with Crippen LogP contribution in [-0.2, 0) is 4.74 Å². The van der Waals surface area contributed by atoms with Crippen molar-refractivity contribution in [3.63, 3.8) is 0 Å². The van der Waals surface area contributed by atoms with Gasteiger partial charge in [-0.05, 0) is 89.1 Å². The molecule has 0 bridgehead atoms. The fourth-order valence-corrected chi connectivity index (χ4v) is 6.69. The molecule has 262 valence electrons. The van der Waals surface area contributed by atoms with E-state index in [2.05, 4.69) is 48.2 Å². The van der Waals surface area contributed by atoms with Gasteiger partial charge in [0.1, 0.15) is 34.4 Å². The quantitative estimate of drug-likeness (QED) is 0.205. The Morgan fingerprint density at radius 1 is 0.902 bits per heavy atom. The van der Waals surface area contributed by atoms with Crippen molar-refractivity contribution in [2.75, 3.05) is 59.3 Å². The van der Waals surface area contributed by atoms with Crippen LogP contribution in [0.1, 0.15) is 39.4 Å². The molecule has 0 atom stereocenters. The number of aromatic nitrogens is 5. The van der Waals surface area contributed by atoms with Crippen molar-refractivity contribution in [1.82, 2.24) is 24.5 Å². The number of nitriles is 1. The lowest BCUT2D eigenvalue weighted by molar-refractivity contribution is 0.0635. The molecule has 2 aliphatic heterocycles. The van der Waals surface area contributed by atoms with Gasteiger partial charge in [0, 0.05) is 63.0 Å². The number of anilines is 4. The third-order valence-corrected chi connectivity index (χ3v) is 9.27. The highest BCUT2D eigenvalue weighted by Gasteiger charge is 2.23. The van der Waals surface area contributed by atoms with Crippen LogP contribution in [0.2, 0.25) is 0 Å². The molecule has 6 heterocycles. The number of amides is 1. The number of nitrogens with zero attached hydrogens (tertiary/aromatic N) is 9. The lowest BCUT2D eigenvalue weighted by Gasteiger charge is -2.37. The number of piperazine rings is 1. The van der Waals surface area contributed by atoms with Crippen molar-refractivity contribution in [2.45, 2.75) is 46.1 Å². The molecule has 2 aliphatic rings. The first-order chi connectivity index (χ1) is 24.5. The van der Waals surface area contributed by atoms with Gasteiger partial charge in [-0.15, -0.1) is 0 Å². The van der Waals surface area contributed by atoms with Crippen LogP contribution in [0, 0.1) is 30.0 Å². The molecule has 51 heavy (non-hydrogen) atoms. The summed E-state index contributed by atoms with van der Waals surface area (Å²) in [6, 6.07) is 19.1. The minimum Gasteiger partial charge on any atom is -0.444 e. The van der Waals surface area contributed by atoms with Gasteiger partial charge in [-0.2, -0.15) is 5.26 Å². The van der Waals surface area contributed by atoms with Crippen molar-refractivity contribution >= 4 is 40.3 Å². The number of piperidine rings is 1. The van der Waals surface area contributed by atoms with Crippen molar-refractivity contribution in [3.05, 3.63) is 78.6 Å². The summed E-state index contributed by atoms with van der Waals surface area (Å²) >= 11 is 0. The molecule has 1 amide bonds. The smallest absolute Gasteiger partial charge is 0.413 e. The number of rotatable bonds is 6. The Hall–Kier alpha value is -5.77. The van der Waals surface area contributed by atoms with E-state index < -0.39 is 11.7 Å². The minimum absolute atomic E-state index is 0.142. The fraction of sp³-hybridized carbons (Fsp3) is 0.368. The van der Waals surface area contributed by atoms with Crippen molar-refractivity contribution in [2.24, 2.45) is 5.92 Å². The number of pyridine rings is 3. The standard InChI is InChI=1S/C38H41FN10O2/c1-25-43-32-8-7-31(27-11-14-41-34(21-27)45-37(50)51-38(2,3)4)44-36(32)49(25)28-5-9-33(30(39)22-28)47-19-17-46(18-20-47)29-6-10-35(42-24-29)48-15-12-26(23-40)13-16-48/h5-11,14,21-22,24,26H,12-13,15-20H2,1-4H3,(H,41,45,50). The van der Waals surface area contributed by atoms with Crippen LogP contribution in [0.15, 0.2) is 67.0 Å². The summed E-state index contributed by atoms with van der Waals surface area (Å²) in [6.07, 6.45) is 4.68. The van der Waals surface area contributed by atoms with Gasteiger partial charge < -0.3 is 19.4 Å². The van der Waals surface area contributed by atoms with Crippen LogP contribution < -0.4 is 20.0 Å². The largest absolute Gasteiger partial charge is 0.444 e. The van der Waals surface area contributed by atoms with Crippen LogP contribution in [0.4, 0.5) is 32.2 Å². The maximum absolute atomic E-state index is 15.8. The molecule has 12 nitrogen and oxygen atoms in total. The molecular weight excluding hydrogens is 647 g/mol. The fourth-order valence-electron chi connectivity index (χ4n) is 6.69. The average Bonchev–Trinajstić information content (AvgIpc) is 3.46. The number of nitrogens with one attached hydrogen (secondary N) is 1. The Labute approximate surface area is 296 Å². The van der Waals surface area contributed by atoms with E-state index in [-0.39, 0.29) is 11.7 Å². The summed E-state index contributed by atoms with van der Waals surface area (Å²) in [5.74, 6) is 1.80. The first-order valence-corrected chi connectivity index (χ1v) is 17.3. The molecule has 0 unspecified atom stereocenters. The molecule has 2 saturated heterocycles. The molecule has 13 heteroatoms. The third kappa shape index (κ3) is 7.40. The number of ether oxygens (including phenoxy) is 1. The number of aryl methyl sites for hydroxylation is 1. The van der Waals surface area contributed by atoms with Crippen molar-refractivity contribution in [3.8, 4) is 23.0 Å². The molecule has 0 aliphatic carbocycles. The maximum Gasteiger partial charge on any atom is 0.413 e. The third-order valence-electron chi connectivity index (χ3n) is 9.27. The van der Waals surface area contributed by atoms with Gasteiger partial charge in [-0.1, -0.05) is 0 Å². The van der Waals surface area contributed by atoms with E-state index in [9.17, 15) is 10.1 Å². The van der Waals surface area contributed by atoms with Crippen LogP contribution in [-0.4, -0.2) is 75.5 Å². The zero-order valence-electron chi connectivity index (χ0n) is 29.3. The lowest BCUT2D eigenvalue weighted by atomic mass is 9.99. The Morgan fingerprint density at radius 2 is 1.65 bits per heavy atom. The van der Waals surface area contributed by atoms with Crippen LogP contribution in [0.25, 0.3) is 28.1 Å². The van der Waals surface area contributed by atoms with E-state index in [4.69, 9.17) is 14.7 Å². The molecule has 1 aromatic carbocycles. The SMILES string of the molecule is Cc1nc2ccc(-c3ccnc(NC(=O)OC(C)(C)C)c3)nc2n1-c1ccc(N2CCN(c3ccc(N4CCC(C#N)CC4)nc3)CC2)c(F)c1.